The van der Waals surface area contributed by atoms with E-state index in [1.165, 1.54) is 29.5 Å². The van der Waals surface area contributed by atoms with Crippen LogP contribution in [0.15, 0.2) is 46.9 Å². The smallest absolute Gasteiger partial charge is 0.292 e. The second-order valence-electron chi connectivity index (χ2n) is 4.61. The van der Waals surface area contributed by atoms with E-state index in [1.54, 1.807) is 6.07 Å². The summed E-state index contributed by atoms with van der Waals surface area (Å²) in [5.74, 6) is -0.471. The number of amides is 1. The van der Waals surface area contributed by atoms with E-state index in [0.717, 1.165) is 14.6 Å². The molecule has 0 aliphatic rings. The lowest BCUT2D eigenvalue weighted by atomic mass is 10.2. The van der Waals surface area contributed by atoms with E-state index in [1.807, 2.05) is 18.2 Å². The molecular weight excluding hydrogens is 404 g/mol. The molecule has 0 saturated heterocycles. The Morgan fingerprint density at radius 2 is 2.00 bits per heavy atom. The number of nitro groups is 1. The molecule has 1 heterocycles. The largest absolute Gasteiger partial charge is 0.315 e. The number of nitro benzene ring substituents is 1. The Balaban J connectivity index is 1.99. The highest BCUT2D eigenvalue weighted by atomic mass is 79.9. The molecule has 0 spiro atoms. The van der Waals surface area contributed by atoms with Gasteiger partial charge in [0.25, 0.3) is 11.6 Å². The van der Waals surface area contributed by atoms with E-state index in [4.69, 9.17) is 11.6 Å². The third kappa shape index (κ3) is 3.08. The summed E-state index contributed by atoms with van der Waals surface area (Å²) in [6.07, 6.45) is 0. The van der Waals surface area contributed by atoms with Gasteiger partial charge in [-0.2, -0.15) is 0 Å². The normalized spacial score (nSPS) is 10.7. The summed E-state index contributed by atoms with van der Waals surface area (Å²) in [6, 6.07) is 11.5. The first-order valence-corrected chi connectivity index (χ1v) is 8.38. The lowest BCUT2D eigenvalue weighted by Crippen LogP contribution is -2.12. The van der Waals surface area contributed by atoms with Gasteiger partial charge in [0.2, 0.25) is 0 Å². The number of anilines is 1. The molecule has 116 valence electrons. The number of hydrogen-bond donors (Lipinski definition) is 1. The van der Waals surface area contributed by atoms with Gasteiger partial charge >= 0.3 is 0 Å². The number of benzene rings is 2. The number of carbonyl (C=O) groups excluding carboxylic acids is 1. The molecule has 3 aromatic rings. The molecule has 2 aromatic carbocycles. The van der Waals surface area contributed by atoms with Gasteiger partial charge in [-0.05, 0) is 18.2 Å². The van der Waals surface area contributed by atoms with Crippen LogP contribution in [0.25, 0.3) is 10.1 Å². The van der Waals surface area contributed by atoms with Crippen molar-refractivity contribution in [2.45, 2.75) is 0 Å². The molecule has 0 aliphatic carbocycles. The summed E-state index contributed by atoms with van der Waals surface area (Å²) < 4.78 is 1.74. The predicted molar refractivity (Wildman–Crippen MR) is 95.6 cm³/mol. The molecule has 1 amide bonds. The minimum Gasteiger partial charge on any atom is -0.315 e. The van der Waals surface area contributed by atoms with E-state index in [2.05, 4.69) is 21.2 Å². The number of para-hydroxylation sites is 2. The number of halogens is 2. The zero-order chi connectivity index (χ0) is 16.6. The standard InChI is InChI=1S/C15H8BrClN2O3S/c16-8-5-6-9-12(7-8)23-14(13(9)17)15(20)18-10-3-1-2-4-11(10)19(21)22/h1-7H,(H,18,20). The van der Waals surface area contributed by atoms with Gasteiger partial charge in [-0.3, -0.25) is 14.9 Å². The zero-order valence-corrected chi connectivity index (χ0v) is 14.5. The summed E-state index contributed by atoms with van der Waals surface area (Å²) in [4.78, 5) is 23.2. The number of thiophene rings is 1. The molecule has 0 aliphatic heterocycles. The van der Waals surface area contributed by atoms with E-state index in [0.29, 0.717) is 9.90 Å². The number of rotatable bonds is 3. The first-order valence-electron chi connectivity index (χ1n) is 6.39. The summed E-state index contributed by atoms with van der Waals surface area (Å²) in [5, 5.41) is 14.7. The predicted octanol–water partition coefficient (Wildman–Crippen LogP) is 5.48. The Bertz CT molecular complexity index is 942. The minimum absolute atomic E-state index is 0.136. The third-order valence-electron chi connectivity index (χ3n) is 3.15. The Hall–Kier alpha value is -1.96. The van der Waals surface area contributed by atoms with Crippen molar-refractivity contribution in [2.75, 3.05) is 5.32 Å². The molecular formula is C15H8BrClN2O3S. The van der Waals surface area contributed by atoms with E-state index in [-0.39, 0.29) is 11.4 Å². The van der Waals surface area contributed by atoms with Crippen molar-refractivity contribution in [2.24, 2.45) is 0 Å². The Morgan fingerprint density at radius 3 is 2.74 bits per heavy atom. The van der Waals surface area contributed by atoms with Crippen molar-refractivity contribution in [3.8, 4) is 0 Å². The van der Waals surface area contributed by atoms with Crippen LogP contribution in [-0.2, 0) is 0 Å². The van der Waals surface area contributed by atoms with Crippen molar-refractivity contribution in [3.63, 3.8) is 0 Å². The summed E-state index contributed by atoms with van der Waals surface area (Å²) in [5.41, 5.74) is -0.0296. The third-order valence-corrected chi connectivity index (χ3v) is 5.30. The van der Waals surface area contributed by atoms with Gasteiger partial charge in [0.05, 0.1) is 9.95 Å². The monoisotopic (exact) mass is 410 g/mol. The second-order valence-corrected chi connectivity index (χ2v) is 6.96. The zero-order valence-electron chi connectivity index (χ0n) is 11.4. The van der Waals surface area contributed by atoms with Crippen LogP contribution in [-0.4, -0.2) is 10.8 Å². The van der Waals surface area contributed by atoms with Crippen LogP contribution >= 0.6 is 38.9 Å². The molecule has 3 rings (SSSR count). The quantitative estimate of drug-likeness (QED) is 0.458. The maximum absolute atomic E-state index is 12.4. The maximum atomic E-state index is 12.4. The van der Waals surface area contributed by atoms with Gasteiger partial charge in [0.1, 0.15) is 10.6 Å². The van der Waals surface area contributed by atoms with Crippen LogP contribution in [0.5, 0.6) is 0 Å². The van der Waals surface area contributed by atoms with Gasteiger partial charge < -0.3 is 5.32 Å². The van der Waals surface area contributed by atoms with Gasteiger partial charge in [0.15, 0.2) is 0 Å². The fraction of sp³-hybridized carbons (Fsp3) is 0. The van der Waals surface area contributed by atoms with Crippen LogP contribution in [0, 0.1) is 10.1 Å². The van der Waals surface area contributed by atoms with Gasteiger partial charge in [-0.15, -0.1) is 11.3 Å². The molecule has 0 atom stereocenters. The van der Waals surface area contributed by atoms with Crippen LogP contribution in [0.4, 0.5) is 11.4 Å². The SMILES string of the molecule is O=C(Nc1ccccc1[N+](=O)[O-])c1sc2cc(Br)ccc2c1Cl. The fourth-order valence-corrected chi connectivity index (χ4v) is 4.07. The van der Waals surface area contributed by atoms with Crippen molar-refractivity contribution < 1.29 is 9.72 Å². The fourth-order valence-electron chi connectivity index (χ4n) is 2.10. The molecule has 0 saturated carbocycles. The van der Waals surface area contributed by atoms with Gasteiger partial charge in [0, 0.05) is 20.6 Å². The average Bonchev–Trinajstić information content (AvgIpc) is 2.84. The van der Waals surface area contributed by atoms with E-state index < -0.39 is 10.8 Å². The molecule has 0 bridgehead atoms. The molecule has 23 heavy (non-hydrogen) atoms. The number of hydrogen-bond acceptors (Lipinski definition) is 4. The molecule has 5 nitrogen and oxygen atoms in total. The summed E-state index contributed by atoms with van der Waals surface area (Å²) >= 11 is 10.9. The Morgan fingerprint density at radius 1 is 1.26 bits per heavy atom. The van der Waals surface area contributed by atoms with Crippen LogP contribution in [0.3, 0.4) is 0 Å². The lowest BCUT2D eigenvalue weighted by molar-refractivity contribution is -0.383. The molecule has 1 N–H and O–H groups in total. The van der Waals surface area contributed by atoms with Crippen molar-refractivity contribution in [1.29, 1.82) is 0 Å². The van der Waals surface area contributed by atoms with E-state index in [9.17, 15) is 14.9 Å². The highest BCUT2D eigenvalue weighted by molar-refractivity contribution is 9.10. The van der Waals surface area contributed by atoms with Crippen LogP contribution in [0.2, 0.25) is 5.02 Å². The van der Waals surface area contributed by atoms with E-state index >= 15 is 0 Å². The van der Waals surface area contributed by atoms with Crippen LogP contribution < -0.4 is 5.32 Å². The van der Waals surface area contributed by atoms with Crippen molar-refractivity contribution >= 4 is 66.2 Å². The number of nitrogens with one attached hydrogen (secondary N) is 1. The van der Waals surface area contributed by atoms with Gasteiger partial charge in [-0.1, -0.05) is 45.7 Å². The molecule has 1 aromatic heterocycles. The molecule has 0 unspecified atom stereocenters. The highest BCUT2D eigenvalue weighted by Gasteiger charge is 2.20. The van der Waals surface area contributed by atoms with Crippen molar-refractivity contribution in [1.82, 2.24) is 0 Å². The van der Waals surface area contributed by atoms with Gasteiger partial charge in [-0.25, -0.2) is 0 Å². The molecule has 0 radical (unpaired) electrons. The average molecular weight is 412 g/mol. The summed E-state index contributed by atoms with van der Waals surface area (Å²) in [7, 11) is 0. The van der Waals surface area contributed by atoms with Crippen LogP contribution in [0.1, 0.15) is 9.67 Å². The maximum Gasteiger partial charge on any atom is 0.292 e. The first-order chi connectivity index (χ1) is 11.0. The summed E-state index contributed by atoms with van der Waals surface area (Å²) in [6.45, 7) is 0. The molecule has 0 fully saturated rings. The minimum atomic E-state index is -0.542. The number of nitrogens with zero attached hydrogens (tertiary/aromatic N) is 1. The molecule has 8 heteroatoms. The first kappa shape index (κ1) is 15.9. The Labute approximate surface area is 148 Å². The van der Waals surface area contributed by atoms with Crippen molar-refractivity contribution in [3.05, 3.63) is 67.0 Å². The Kier molecular flexibility index (Phi) is 4.34. The number of fused-ring (bicyclic) bond motifs is 1. The second kappa shape index (κ2) is 6.27. The topological polar surface area (TPSA) is 72.2 Å². The number of carbonyl (C=O) groups is 1. The lowest BCUT2D eigenvalue weighted by Gasteiger charge is -2.04. The highest BCUT2D eigenvalue weighted by Crippen LogP contribution is 2.37.